The minimum Gasteiger partial charge on any atom is -0.396 e. The van der Waals surface area contributed by atoms with E-state index in [-0.39, 0.29) is 24.7 Å². The standard InChI is InChI=1S/C15H28O3/c1-10-5-11(2)8-15(14(6-10)9-16)17-12(3)7-13(4)18-15/h10-14,16H,5-9H2,1-4H3/t10-,11+,12-,13+,14+,15?/m0/s1. The van der Waals surface area contributed by atoms with Crippen LogP contribution >= 0.6 is 0 Å². The molecule has 1 heterocycles. The lowest BCUT2D eigenvalue weighted by Gasteiger charge is -2.47. The summed E-state index contributed by atoms with van der Waals surface area (Å²) in [6, 6.07) is 0. The third-order valence-corrected chi connectivity index (χ3v) is 4.43. The molecular formula is C15H28O3. The minimum atomic E-state index is -0.546. The fourth-order valence-corrected chi connectivity index (χ4v) is 3.96. The van der Waals surface area contributed by atoms with Gasteiger partial charge in [0.25, 0.3) is 0 Å². The van der Waals surface area contributed by atoms with Crippen molar-refractivity contribution >= 4 is 0 Å². The van der Waals surface area contributed by atoms with Gasteiger partial charge in [0.05, 0.1) is 18.8 Å². The Morgan fingerprint density at radius 1 is 0.944 bits per heavy atom. The van der Waals surface area contributed by atoms with Gasteiger partial charge in [0, 0.05) is 12.3 Å². The van der Waals surface area contributed by atoms with Gasteiger partial charge in [0.2, 0.25) is 0 Å². The maximum absolute atomic E-state index is 9.75. The summed E-state index contributed by atoms with van der Waals surface area (Å²) in [5.41, 5.74) is 0. The summed E-state index contributed by atoms with van der Waals surface area (Å²) in [5, 5.41) is 9.75. The van der Waals surface area contributed by atoms with Crippen molar-refractivity contribution in [1.82, 2.24) is 0 Å². The summed E-state index contributed by atoms with van der Waals surface area (Å²) >= 11 is 0. The molecule has 106 valence electrons. The van der Waals surface area contributed by atoms with Gasteiger partial charge in [0.15, 0.2) is 5.79 Å². The molecule has 18 heavy (non-hydrogen) atoms. The van der Waals surface area contributed by atoms with Gasteiger partial charge in [-0.25, -0.2) is 0 Å². The molecule has 0 aromatic carbocycles. The minimum absolute atomic E-state index is 0.114. The van der Waals surface area contributed by atoms with E-state index < -0.39 is 5.79 Å². The van der Waals surface area contributed by atoms with E-state index in [1.54, 1.807) is 0 Å². The Balaban J connectivity index is 2.24. The first-order valence-electron chi connectivity index (χ1n) is 7.41. The van der Waals surface area contributed by atoms with E-state index in [1.165, 1.54) is 6.42 Å². The molecule has 0 aromatic heterocycles. The van der Waals surface area contributed by atoms with Crippen LogP contribution in [0.25, 0.3) is 0 Å². The van der Waals surface area contributed by atoms with Crippen molar-refractivity contribution in [1.29, 1.82) is 0 Å². The van der Waals surface area contributed by atoms with Gasteiger partial charge in [-0.1, -0.05) is 13.8 Å². The third kappa shape index (κ3) is 2.89. The zero-order chi connectivity index (χ0) is 13.3. The molecule has 1 N–H and O–H groups in total. The van der Waals surface area contributed by atoms with Gasteiger partial charge < -0.3 is 14.6 Å². The topological polar surface area (TPSA) is 38.7 Å². The number of ether oxygens (including phenoxy) is 2. The lowest BCUT2D eigenvalue weighted by atomic mass is 9.89. The molecule has 2 aliphatic rings. The molecule has 3 heteroatoms. The molecular weight excluding hydrogens is 228 g/mol. The Labute approximate surface area is 111 Å². The zero-order valence-electron chi connectivity index (χ0n) is 12.2. The highest BCUT2D eigenvalue weighted by Crippen LogP contribution is 2.44. The summed E-state index contributed by atoms with van der Waals surface area (Å²) in [5.74, 6) is 0.795. The van der Waals surface area contributed by atoms with Crippen molar-refractivity contribution in [2.45, 2.75) is 71.4 Å². The molecule has 2 fully saturated rings. The monoisotopic (exact) mass is 256 g/mol. The SMILES string of the molecule is C[C@@H]1C[C@H](C)C[C@H](CO)C2(C1)O[C@H](C)C[C@H](C)O2. The lowest BCUT2D eigenvalue weighted by Crippen LogP contribution is -2.53. The van der Waals surface area contributed by atoms with Crippen LogP contribution in [0.4, 0.5) is 0 Å². The normalized spacial score (nSPS) is 50.2. The van der Waals surface area contributed by atoms with Crippen molar-refractivity contribution < 1.29 is 14.6 Å². The van der Waals surface area contributed by atoms with Gasteiger partial charge in [-0.15, -0.1) is 0 Å². The highest BCUT2D eigenvalue weighted by molar-refractivity contribution is 4.90. The van der Waals surface area contributed by atoms with E-state index in [9.17, 15) is 5.11 Å². The molecule has 1 saturated carbocycles. The molecule has 2 rings (SSSR count). The first kappa shape index (κ1) is 14.3. The molecule has 6 atom stereocenters. The van der Waals surface area contributed by atoms with Crippen LogP contribution in [0.1, 0.15) is 53.4 Å². The largest absolute Gasteiger partial charge is 0.396 e. The Hall–Kier alpha value is -0.120. The molecule has 0 bridgehead atoms. The van der Waals surface area contributed by atoms with Gasteiger partial charge in [-0.2, -0.15) is 0 Å². The van der Waals surface area contributed by atoms with E-state index in [0.29, 0.717) is 11.8 Å². The molecule has 1 unspecified atom stereocenters. The number of hydrogen-bond donors (Lipinski definition) is 1. The first-order chi connectivity index (χ1) is 8.45. The van der Waals surface area contributed by atoms with Crippen LogP contribution < -0.4 is 0 Å². The molecule has 1 aliphatic carbocycles. The van der Waals surface area contributed by atoms with Crippen molar-refractivity contribution in [3.8, 4) is 0 Å². The molecule has 0 radical (unpaired) electrons. The van der Waals surface area contributed by atoms with Crippen LogP contribution in [-0.4, -0.2) is 29.7 Å². The number of hydrogen-bond acceptors (Lipinski definition) is 3. The van der Waals surface area contributed by atoms with E-state index in [0.717, 1.165) is 19.3 Å². The summed E-state index contributed by atoms with van der Waals surface area (Å²) < 4.78 is 12.4. The lowest BCUT2D eigenvalue weighted by molar-refractivity contribution is -0.342. The molecule has 1 spiro atoms. The van der Waals surface area contributed by atoms with Gasteiger partial charge in [0.1, 0.15) is 0 Å². The van der Waals surface area contributed by atoms with Crippen LogP contribution in [0.3, 0.4) is 0 Å². The highest BCUT2D eigenvalue weighted by atomic mass is 16.7. The molecule has 0 aromatic rings. The number of rotatable bonds is 1. The van der Waals surface area contributed by atoms with Crippen LogP contribution in [0.2, 0.25) is 0 Å². The van der Waals surface area contributed by atoms with E-state index in [4.69, 9.17) is 9.47 Å². The zero-order valence-corrected chi connectivity index (χ0v) is 12.2. The highest BCUT2D eigenvalue weighted by Gasteiger charge is 2.49. The van der Waals surface area contributed by atoms with Crippen LogP contribution in [0.5, 0.6) is 0 Å². The predicted octanol–water partition coefficient (Wildman–Crippen LogP) is 2.96. The quantitative estimate of drug-likeness (QED) is 0.784. The van der Waals surface area contributed by atoms with Crippen LogP contribution in [0, 0.1) is 17.8 Å². The predicted molar refractivity (Wildman–Crippen MR) is 71.2 cm³/mol. The van der Waals surface area contributed by atoms with Gasteiger partial charge >= 0.3 is 0 Å². The second-order valence-electron chi connectivity index (χ2n) is 6.67. The second-order valence-corrected chi connectivity index (χ2v) is 6.67. The smallest absolute Gasteiger partial charge is 0.174 e. The van der Waals surface area contributed by atoms with E-state index in [2.05, 4.69) is 27.7 Å². The summed E-state index contributed by atoms with van der Waals surface area (Å²) in [7, 11) is 0. The fraction of sp³-hybridized carbons (Fsp3) is 1.00. The Kier molecular flexibility index (Phi) is 4.35. The van der Waals surface area contributed by atoms with Crippen molar-refractivity contribution in [3.63, 3.8) is 0 Å². The third-order valence-electron chi connectivity index (χ3n) is 4.43. The van der Waals surface area contributed by atoms with E-state index >= 15 is 0 Å². The van der Waals surface area contributed by atoms with Crippen LogP contribution in [-0.2, 0) is 9.47 Å². The van der Waals surface area contributed by atoms with Crippen molar-refractivity contribution in [3.05, 3.63) is 0 Å². The first-order valence-corrected chi connectivity index (χ1v) is 7.41. The molecule has 0 amide bonds. The maximum atomic E-state index is 9.75. The number of aliphatic hydroxyl groups is 1. The summed E-state index contributed by atoms with van der Waals surface area (Å²) in [6.07, 6.45) is 4.52. The average Bonchev–Trinajstić information content (AvgIpc) is 2.33. The summed E-state index contributed by atoms with van der Waals surface area (Å²) in [6.45, 7) is 8.95. The van der Waals surface area contributed by atoms with Gasteiger partial charge in [-0.3, -0.25) is 0 Å². The average molecular weight is 256 g/mol. The molecule has 3 nitrogen and oxygen atoms in total. The fourth-order valence-electron chi connectivity index (χ4n) is 3.96. The Morgan fingerprint density at radius 3 is 2.11 bits per heavy atom. The van der Waals surface area contributed by atoms with Crippen molar-refractivity contribution in [2.24, 2.45) is 17.8 Å². The van der Waals surface area contributed by atoms with Gasteiger partial charge in [-0.05, 0) is 44.9 Å². The second kappa shape index (κ2) is 5.48. The summed E-state index contributed by atoms with van der Waals surface area (Å²) in [4.78, 5) is 0. The Morgan fingerprint density at radius 2 is 1.56 bits per heavy atom. The number of aliphatic hydroxyl groups excluding tert-OH is 1. The Bertz CT molecular complexity index is 269. The van der Waals surface area contributed by atoms with E-state index in [1.807, 2.05) is 0 Å². The van der Waals surface area contributed by atoms with Crippen LogP contribution in [0.15, 0.2) is 0 Å². The van der Waals surface area contributed by atoms with Crippen molar-refractivity contribution in [2.75, 3.05) is 6.61 Å². The molecule has 1 aliphatic heterocycles. The molecule has 1 saturated heterocycles. The maximum Gasteiger partial charge on any atom is 0.174 e.